The Morgan fingerprint density at radius 2 is 1.76 bits per heavy atom. The molecule has 1 amide bonds. The second kappa shape index (κ2) is 9.90. The Bertz CT molecular complexity index is 998. The second-order valence-electron chi connectivity index (χ2n) is 7.02. The van der Waals surface area contributed by atoms with Crippen LogP contribution in [0.2, 0.25) is 0 Å². The number of nitrogens with zero attached hydrogens (tertiary/aromatic N) is 1. The lowest BCUT2D eigenvalue weighted by molar-refractivity contribution is 0.193. The third kappa shape index (κ3) is 6.31. The highest BCUT2D eigenvalue weighted by Crippen LogP contribution is 2.26. The number of rotatable bonds is 7. The second-order valence-corrected chi connectivity index (χ2v) is 10.2. The van der Waals surface area contributed by atoms with Gasteiger partial charge in [0.05, 0.1) is 27.1 Å². The number of carbonyl (C=O) groups is 1. The molecule has 2 aromatic carbocycles. The lowest BCUT2D eigenvalue weighted by Gasteiger charge is -2.24. The van der Waals surface area contributed by atoms with E-state index in [4.69, 9.17) is 10.00 Å². The monoisotopic (exact) mass is 478 g/mol. The van der Waals surface area contributed by atoms with Gasteiger partial charge in [0.2, 0.25) is 0 Å². The molecule has 0 aliphatic heterocycles. The van der Waals surface area contributed by atoms with Crippen molar-refractivity contribution in [2.75, 3.05) is 5.75 Å². The molecule has 0 saturated heterocycles. The van der Waals surface area contributed by atoms with Gasteiger partial charge >= 0.3 is 6.09 Å². The molecule has 0 spiro atoms. The molecular formula is C21H23BrN2O4S. The van der Waals surface area contributed by atoms with Crippen molar-refractivity contribution in [3.05, 3.63) is 64.1 Å². The fourth-order valence-electron chi connectivity index (χ4n) is 2.64. The maximum absolute atomic E-state index is 12.9. The number of para-hydroxylation sites is 1. The Kier molecular flexibility index (Phi) is 7.82. The number of hydrogen-bond acceptors (Lipinski definition) is 5. The van der Waals surface area contributed by atoms with E-state index in [1.807, 2.05) is 19.9 Å². The van der Waals surface area contributed by atoms with Crippen LogP contribution >= 0.6 is 15.9 Å². The number of carbonyl (C=O) groups excluding carboxylic acids is 1. The highest BCUT2D eigenvalue weighted by molar-refractivity contribution is 9.10. The van der Waals surface area contributed by atoms with Crippen molar-refractivity contribution in [2.24, 2.45) is 5.92 Å². The predicted octanol–water partition coefficient (Wildman–Crippen LogP) is 4.61. The molecule has 2 aromatic rings. The van der Waals surface area contributed by atoms with E-state index in [9.17, 15) is 13.2 Å². The lowest BCUT2D eigenvalue weighted by Crippen LogP contribution is -2.45. The van der Waals surface area contributed by atoms with Crippen molar-refractivity contribution in [1.29, 1.82) is 5.26 Å². The van der Waals surface area contributed by atoms with E-state index in [1.165, 1.54) is 0 Å². The first-order chi connectivity index (χ1) is 13.6. The van der Waals surface area contributed by atoms with E-state index in [0.29, 0.717) is 21.3 Å². The van der Waals surface area contributed by atoms with Crippen molar-refractivity contribution in [1.82, 2.24) is 5.32 Å². The summed E-state index contributed by atoms with van der Waals surface area (Å²) < 4.78 is 31.8. The van der Waals surface area contributed by atoms with Crippen molar-refractivity contribution < 1.29 is 17.9 Å². The van der Waals surface area contributed by atoms with Gasteiger partial charge < -0.3 is 10.1 Å². The van der Waals surface area contributed by atoms with Gasteiger partial charge in [0.15, 0.2) is 9.84 Å². The number of ether oxygens (including phenoxy) is 1. The molecule has 0 fully saturated rings. The van der Waals surface area contributed by atoms with Gasteiger partial charge in [-0.25, -0.2) is 13.2 Å². The molecule has 6 nitrogen and oxygen atoms in total. The molecular weight excluding hydrogens is 456 g/mol. The van der Waals surface area contributed by atoms with Crippen LogP contribution in [-0.2, 0) is 9.84 Å². The van der Waals surface area contributed by atoms with Crippen LogP contribution in [0, 0.1) is 17.2 Å². The quantitative estimate of drug-likeness (QED) is 0.626. The van der Waals surface area contributed by atoms with Gasteiger partial charge in [-0.15, -0.1) is 0 Å². The first-order valence-corrected chi connectivity index (χ1v) is 11.6. The largest absolute Gasteiger partial charge is 0.412 e. The number of benzene rings is 2. The number of hydrogen-bond donors (Lipinski definition) is 1. The number of nitriles is 1. The molecule has 8 heteroatoms. The number of nitrogens with one attached hydrogen (secondary N) is 1. The van der Waals surface area contributed by atoms with Crippen LogP contribution in [0.4, 0.5) is 4.79 Å². The Hall–Kier alpha value is -2.37. The van der Waals surface area contributed by atoms with E-state index in [-0.39, 0.29) is 11.7 Å². The van der Waals surface area contributed by atoms with Crippen LogP contribution in [0.25, 0.3) is 0 Å². The lowest BCUT2D eigenvalue weighted by atomic mass is 10.1. The van der Waals surface area contributed by atoms with Gasteiger partial charge in [0.1, 0.15) is 5.75 Å². The van der Waals surface area contributed by atoms with Crippen LogP contribution in [0.3, 0.4) is 0 Å². The molecule has 0 saturated carbocycles. The Morgan fingerprint density at radius 1 is 1.14 bits per heavy atom. The highest BCUT2D eigenvalue weighted by Gasteiger charge is 2.29. The van der Waals surface area contributed by atoms with Crippen LogP contribution in [0.1, 0.15) is 37.1 Å². The molecule has 0 heterocycles. The van der Waals surface area contributed by atoms with E-state index in [1.54, 1.807) is 55.5 Å². The fraction of sp³-hybridized carbons (Fsp3) is 0.333. The molecule has 1 unspecified atom stereocenters. The predicted molar refractivity (Wildman–Crippen MR) is 115 cm³/mol. The van der Waals surface area contributed by atoms with Gasteiger partial charge in [-0.1, -0.05) is 38.1 Å². The summed E-state index contributed by atoms with van der Waals surface area (Å²) in [6.07, 6.45) is -0.711. The van der Waals surface area contributed by atoms with E-state index >= 15 is 0 Å². The number of amides is 1. The Morgan fingerprint density at radius 3 is 2.31 bits per heavy atom. The van der Waals surface area contributed by atoms with Crippen LogP contribution in [-0.4, -0.2) is 26.3 Å². The Balaban J connectivity index is 2.10. The molecule has 29 heavy (non-hydrogen) atoms. The first-order valence-electron chi connectivity index (χ1n) is 9.08. The molecule has 154 valence electrons. The topological polar surface area (TPSA) is 96.3 Å². The first kappa shape index (κ1) is 22.9. The molecule has 2 atom stereocenters. The van der Waals surface area contributed by atoms with Crippen molar-refractivity contribution in [3.8, 4) is 11.8 Å². The molecule has 0 radical (unpaired) electrons. The van der Waals surface area contributed by atoms with Crippen LogP contribution in [0.15, 0.2) is 53.0 Å². The summed E-state index contributed by atoms with van der Waals surface area (Å²) in [5.41, 5.74) is 1.07. The van der Waals surface area contributed by atoms with Crippen LogP contribution in [0.5, 0.6) is 5.75 Å². The van der Waals surface area contributed by atoms with E-state index in [0.717, 1.165) is 0 Å². The average molecular weight is 479 g/mol. The summed E-state index contributed by atoms with van der Waals surface area (Å²) in [7, 11) is -3.57. The van der Waals surface area contributed by atoms with Gasteiger partial charge in [-0.05, 0) is 58.6 Å². The molecule has 2 rings (SSSR count). The van der Waals surface area contributed by atoms with Crippen molar-refractivity contribution in [3.63, 3.8) is 0 Å². The zero-order chi connectivity index (χ0) is 21.6. The number of sulfone groups is 1. The maximum atomic E-state index is 12.9. The smallest absolute Gasteiger partial charge is 0.409 e. The molecule has 1 N–H and O–H groups in total. The normalized spacial score (nSPS) is 13.4. The SMILES string of the molecule is CC(C)[C@@H](CS(=O)(=O)C(C)c1ccc(C#N)cc1)NC(=O)Oc1ccccc1Br. The summed E-state index contributed by atoms with van der Waals surface area (Å²) in [5.74, 6) is 0.00249. The maximum Gasteiger partial charge on any atom is 0.412 e. The van der Waals surface area contributed by atoms with Crippen molar-refractivity contribution in [2.45, 2.75) is 32.1 Å². The minimum absolute atomic E-state index is 0.121. The third-order valence-corrected chi connectivity index (χ3v) is 7.44. The van der Waals surface area contributed by atoms with Gasteiger partial charge in [-0.3, -0.25) is 0 Å². The highest BCUT2D eigenvalue weighted by atomic mass is 79.9. The van der Waals surface area contributed by atoms with E-state index < -0.39 is 27.2 Å². The minimum Gasteiger partial charge on any atom is -0.409 e. The van der Waals surface area contributed by atoms with E-state index in [2.05, 4.69) is 21.2 Å². The Labute approximate surface area is 179 Å². The molecule has 0 aliphatic carbocycles. The summed E-state index contributed by atoms with van der Waals surface area (Å²) >= 11 is 3.30. The standard InChI is InChI=1S/C21H23BrN2O4S/c1-14(2)19(24-21(25)28-20-7-5-4-6-18(20)22)13-29(26,27)15(3)17-10-8-16(12-23)9-11-17/h4-11,14-15,19H,13H2,1-3H3,(H,24,25)/t15?,19-/m1/s1. The molecule has 0 aromatic heterocycles. The zero-order valence-electron chi connectivity index (χ0n) is 16.4. The minimum atomic E-state index is -3.57. The van der Waals surface area contributed by atoms with Crippen LogP contribution < -0.4 is 10.1 Å². The summed E-state index contributed by atoms with van der Waals surface area (Å²) in [6, 6.07) is 14.8. The fourth-order valence-corrected chi connectivity index (χ4v) is 4.83. The summed E-state index contributed by atoms with van der Waals surface area (Å²) in [4.78, 5) is 12.3. The van der Waals surface area contributed by atoms with Gasteiger partial charge in [0, 0.05) is 6.04 Å². The molecule has 0 bridgehead atoms. The summed E-state index contributed by atoms with van der Waals surface area (Å²) in [6.45, 7) is 5.28. The summed E-state index contributed by atoms with van der Waals surface area (Å²) in [5, 5.41) is 10.8. The molecule has 0 aliphatic rings. The van der Waals surface area contributed by atoms with Crippen molar-refractivity contribution >= 4 is 31.9 Å². The number of halogens is 1. The average Bonchev–Trinajstić information content (AvgIpc) is 2.68. The van der Waals surface area contributed by atoms with Gasteiger partial charge in [-0.2, -0.15) is 5.26 Å². The zero-order valence-corrected chi connectivity index (χ0v) is 18.8. The van der Waals surface area contributed by atoms with Gasteiger partial charge in [0.25, 0.3) is 0 Å². The third-order valence-electron chi connectivity index (χ3n) is 4.61.